The van der Waals surface area contributed by atoms with Crippen LogP contribution >= 0.6 is 34.8 Å². The molecular formula is C9H9Cl3O. The Bertz CT molecular complexity index is 299. The van der Waals surface area contributed by atoms with E-state index in [2.05, 4.69) is 0 Å². The van der Waals surface area contributed by atoms with Crippen LogP contribution in [0.15, 0.2) is 12.1 Å². The monoisotopic (exact) mass is 238 g/mol. The molecular weight excluding hydrogens is 230 g/mol. The molecule has 0 aliphatic carbocycles. The molecule has 0 unspecified atom stereocenters. The van der Waals surface area contributed by atoms with Gasteiger partial charge in [0.2, 0.25) is 0 Å². The quantitative estimate of drug-likeness (QED) is 0.709. The molecule has 72 valence electrons. The summed E-state index contributed by atoms with van der Waals surface area (Å²) in [4.78, 5) is 0. The van der Waals surface area contributed by atoms with Crippen molar-refractivity contribution >= 4 is 34.8 Å². The highest BCUT2D eigenvalue weighted by atomic mass is 35.5. The molecule has 0 radical (unpaired) electrons. The Morgan fingerprint density at radius 1 is 1.15 bits per heavy atom. The zero-order chi connectivity index (χ0) is 9.84. The van der Waals surface area contributed by atoms with Gasteiger partial charge in [-0.15, -0.1) is 0 Å². The predicted octanol–water partition coefficient (Wildman–Crippen LogP) is 4.44. The highest BCUT2D eigenvalue weighted by molar-refractivity contribution is 6.48. The lowest BCUT2D eigenvalue weighted by molar-refractivity contribution is 0.317. The van der Waals surface area contributed by atoms with Gasteiger partial charge in [-0.25, -0.2) is 0 Å². The Kier molecular flexibility index (Phi) is 4.17. The highest BCUT2D eigenvalue weighted by Gasteiger charge is 2.08. The van der Waals surface area contributed by atoms with Gasteiger partial charge in [-0.1, -0.05) is 41.7 Å². The van der Waals surface area contributed by atoms with Gasteiger partial charge in [-0.3, -0.25) is 0 Å². The molecule has 0 atom stereocenters. The first kappa shape index (κ1) is 11.0. The van der Waals surface area contributed by atoms with Crippen LogP contribution in [0.2, 0.25) is 15.1 Å². The minimum atomic E-state index is 0.344. The Morgan fingerprint density at radius 3 is 2.46 bits per heavy atom. The normalized spacial score (nSPS) is 10.2. The van der Waals surface area contributed by atoms with Crippen LogP contribution in [0.5, 0.6) is 5.75 Å². The summed E-state index contributed by atoms with van der Waals surface area (Å²) in [5.41, 5.74) is 0. The van der Waals surface area contributed by atoms with E-state index in [-0.39, 0.29) is 0 Å². The molecule has 1 rings (SSSR count). The summed E-state index contributed by atoms with van der Waals surface area (Å²) < 4.78 is 5.35. The van der Waals surface area contributed by atoms with E-state index in [4.69, 9.17) is 39.5 Å². The first-order chi connectivity index (χ1) is 6.16. The first-order valence-electron chi connectivity index (χ1n) is 3.93. The largest absolute Gasteiger partial charge is 0.492 e. The van der Waals surface area contributed by atoms with Crippen LogP contribution in [-0.4, -0.2) is 6.61 Å². The number of hydrogen-bond acceptors (Lipinski definition) is 1. The smallest absolute Gasteiger partial charge is 0.139 e. The van der Waals surface area contributed by atoms with Crippen molar-refractivity contribution < 1.29 is 4.74 Å². The van der Waals surface area contributed by atoms with Crippen LogP contribution < -0.4 is 4.74 Å². The summed E-state index contributed by atoms with van der Waals surface area (Å²) in [7, 11) is 0. The average Bonchev–Trinajstić information content (AvgIpc) is 2.13. The van der Waals surface area contributed by atoms with Gasteiger partial charge in [0.05, 0.1) is 16.7 Å². The maximum absolute atomic E-state index is 5.89. The average molecular weight is 240 g/mol. The minimum Gasteiger partial charge on any atom is -0.492 e. The Hall–Kier alpha value is -0.110. The lowest BCUT2D eigenvalue weighted by Crippen LogP contribution is -1.95. The SMILES string of the molecule is CCCOc1ccc(Cl)c(Cl)c1Cl. The molecule has 1 aromatic carbocycles. The predicted molar refractivity (Wildman–Crippen MR) is 57.3 cm³/mol. The van der Waals surface area contributed by atoms with Crippen molar-refractivity contribution in [2.45, 2.75) is 13.3 Å². The van der Waals surface area contributed by atoms with E-state index in [1.54, 1.807) is 12.1 Å². The van der Waals surface area contributed by atoms with E-state index in [0.29, 0.717) is 27.4 Å². The second kappa shape index (κ2) is 4.94. The van der Waals surface area contributed by atoms with E-state index in [1.807, 2.05) is 6.92 Å². The summed E-state index contributed by atoms with van der Waals surface area (Å²) >= 11 is 17.5. The summed E-state index contributed by atoms with van der Waals surface area (Å²) in [5, 5.41) is 1.16. The van der Waals surface area contributed by atoms with E-state index in [1.165, 1.54) is 0 Å². The molecule has 4 heteroatoms. The van der Waals surface area contributed by atoms with Gasteiger partial charge < -0.3 is 4.74 Å². The molecule has 0 aromatic heterocycles. The van der Waals surface area contributed by atoms with Crippen molar-refractivity contribution in [3.05, 3.63) is 27.2 Å². The fourth-order valence-corrected chi connectivity index (χ4v) is 1.41. The van der Waals surface area contributed by atoms with Crippen LogP contribution in [0.4, 0.5) is 0 Å². The Morgan fingerprint density at radius 2 is 1.85 bits per heavy atom. The number of benzene rings is 1. The Labute approximate surface area is 92.5 Å². The van der Waals surface area contributed by atoms with Crippen molar-refractivity contribution in [1.82, 2.24) is 0 Å². The van der Waals surface area contributed by atoms with Crippen LogP contribution in [0.1, 0.15) is 13.3 Å². The molecule has 0 fully saturated rings. The minimum absolute atomic E-state index is 0.344. The van der Waals surface area contributed by atoms with E-state index >= 15 is 0 Å². The standard InChI is InChI=1S/C9H9Cl3O/c1-2-5-13-7-4-3-6(10)8(11)9(7)12/h3-4H,2,5H2,1H3. The van der Waals surface area contributed by atoms with Crippen LogP contribution in [-0.2, 0) is 0 Å². The highest BCUT2D eigenvalue weighted by Crippen LogP contribution is 2.36. The van der Waals surface area contributed by atoms with Crippen LogP contribution in [0.3, 0.4) is 0 Å². The van der Waals surface area contributed by atoms with E-state index in [9.17, 15) is 0 Å². The third-order valence-corrected chi connectivity index (χ3v) is 2.74. The van der Waals surface area contributed by atoms with E-state index in [0.717, 1.165) is 6.42 Å². The topological polar surface area (TPSA) is 9.23 Å². The van der Waals surface area contributed by atoms with E-state index < -0.39 is 0 Å². The van der Waals surface area contributed by atoms with Crippen molar-refractivity contribution in [1.29, 1.82) is 0 Å². The molecule has 0 N–H and O–H groups in total. The van der Waals surface area contributed by atoms with Crippen LogP contribution in [0, 0.1) is 0 Å². The third-order valence-electron chi connectivity index (χ3n) is 1.46. The van der Waals surface area contributed by atoms with Gasteiger partial charge in [0.15, 0.2) is 0 Å². The van der Waals surface area contributed by atoms with Crippen molar-refractivity contribution in [3.8, 4) is 5.75 Å². The maximum atomic E-state index is 5.89. The van der Waals surface area contributed by atoms with Gasteiger partial charge in [0.1, 0.15) is 10.8 Å². The molecule has 0 saturated heterocycles. The van der Waals surface area contributed by atoms with Gasteiger partial charge in [0.25, 0.3) is 0 Å². The molecule has 0 heterocycles. The number of halogens is 3. The second-order valence-corrected chi connectivity index (χ2v) is 3.69. The number of hydrogen-bond donors (Lipinski definition) is 0. The first-order valence-corrected chi connectivity index (χ1v) is 5.06. The van der Waals surface area contributed by atoms with Gasteiger partial charge in [0, 0.05) is 0 Å². The maximum Gasteiger partial charge on any atom is 0.139 e. The summed E-state index contributed by atoms with van der Waals surface area (Å²) in [6, 6.07) is 3.38. The molecule has 0 amide bonds. The third kappa shape index (κ3) is 2.67. The molecule has 1 nitrogen and oxygen atoms in total. The molecule has 0 aliphatic rings. The summed E-state index contributed by atoms with van der Waals surface area (Å²) in [5.74, 6) is 0.581. The molecule has 0 spiro atoms. The zero-order valence-corrected chi connectivity index (χ0v) is 9.38. The van der Waals surface area contributed by atoms with Gasteiger partial charge in [-0.05, 0) is 18.6 Å². The van der Waals surface area contributed by atoms with Crippen molar-refractivity contribution in [2.24, 2.45) is 0 Å². The van der Waals surface area contributed by atoms with Crippen LogP contribution in [0.25, 0.3) is 0 Å². The number of ether oxygens (including phenoxy) is 1. The molecule has 1 aromatic rings. The summed E-state index contributed by atoms with van der Waals surface area (Å²) in [6.45, 7) is 2.64. The fraction of sp³-hybridized carbons (Fsp3) is 0.333. The fourth-order valence-electron chi connectivity index (χ4n) is 0.832. The van der Waals surface area contributed by atoms with Crippen molar-refractivity contribution in [3.63, 3.8) is 0 Å². The van der Waals surface area contributed by atoms with Gasteiger partial charge >= 0.3 is 0 Å². The lowest BCUT2D eigenvalue weighted by Gasteiger charge is -2.08. The molecule has 0 aliphatic heterocycles. The summed E-state index contributed by atoms with van der Waals surface area (Å²) in [6.07, 6.45) is 0.927. The lowest BCUT2D eigenvalue weighted by atomic mass is 10.3. The molecule has 13 heavy (non-hydrogen) atoms. The number of rotatable bonds is 3. The zero-order valence-electron chi connectivity index (χ0n) is 7.11. The Balaban J connectivity index is 2.90. The molecule has 0 saturated carbocycles. The van der Waals surface area contributed by atoms with Crippen molar-refractivity contribution in [2.75, 3.05) is 6.61 Å². The second-order valence-electron chi connectivity index (χ2n) is 2.52. The molecule has 0 bridgehead atoms. The van der Waals surface area contributed by atoms with Gasteiger partial charge in [-0.2, -0.15) is 0 Å².